The van der Waals surface area contributed by atoms with Crippen LogP contribution in [0.5, 0.6) is 0 Å². The molecule has 1 aromatic carbocycles. The third-order valence-corrected chi connectivity index (χ3v) is 8.11. The molecule has 3 saturated heterocycles. The van der Waals surface area contributed by atoms with Gasteiger partial charge in [0.1, 0.15) is 11.6 Å². The first kappa shape index (κ1) is 25.2. The van der Waals surface area contributed by atoms with E-state index in [1.807, 2.05) is 13.0 Å². The molecule has 34 heavy (non-hydrogen) atoms. The summed E-state index contributed by atoms with van der Waals surface area (Å²) in [5.41, 5.74) is 0.0816. The smallest absolute Gasteiger partial charge is 0.312 e. The van der Waals surface area contributed by atoms with Crippen LogP contribution in [0.2, 0.25) is 5.02 Å². The summed E-state index contributed by atoms with van der Waals surface area (Å²) in [6.07, 6.45) is 1.37. The Labute approximate surface area is 211 Å². The highest BCUT2D eigenvalue weighted by Gasteiger charge is 2.77. The minimum Gasteiger partial charge on any atom is -0.466 e. The fourth-order valence-electron chi connectivity index (χ4n) is 5.80. The molecule has 3 aliphatic rings. The van der Waals surface area contributed by atoms with Crippen LogP contribution < -0.4 is 4.90 Å². The van der Waals surface area contributed by atoms with Gasteiger partial charge in [-0.1, -0.05) is 45.7 Å². The van der Waals surface area contributed by atoms with E-state index in [-0.39, 0.29) is 37.0 Å². The van der Waals surface area contributed by atoms with Crippen molar-refractivity contribution in [2.75, 3.05) is 31.2 Å². The molecule has 2 amide bonds. The Morgan fingerprint density at radius 2 is 2.21 bits per heavy atom. The number of hydrogen-bond donors (Lipinski definition) is 1. The quantitative estimate of drug-likeness (QED) is 0.301. The van der Waals surface area contributed by atoms with Gasteiger partial charge in [0.15, 0.2) is 0 Å². The molecule has 3 heterocycles. The molecule has 3 aliphatic heterocycles. The summed E-state index contributed by atoms with van der Waals surface area (Å²) < 4.78 is 11.7. The number of esters is 1. The molecule has 0 aromatic heterocycles. The highest BCUT2D eigenvalue weighted by molar-refractivity contribution is 9.09. The number of ether oxygens (including phenoxy) is 2. The van der Waals surface area contributed by atoms with Crippen molar-refractivity contribution in [3.8, 4) is 0 Å². The molecule has 10 heteroatoms. The lowest BCUT2D eigenvalue weighted by molar-refractivity contribution is -0.154. The second-order valence-electron chi connectivity index (χ2n) is 8.81. The molecule has 8 nitrogen and oxygen atoms in total. The summed E-state index contributed by atoms with van der Waals surface area (Å²) in [5, 5.41) is 10.1. The summed E-state index contributed by atoms with van der Waals surface area (Å²) in [6.45, 7) is 7.26. The molecule has 1 spiro atoms. The molecule has 184 valence electrons. The molecule has 3 fully saturated rings. The van der Waals surface area contributed by atoms with Crippen molar-refractivity contribution in [2.24, 2.45) is 11.8 Å². The van der Waals surface area contributed by atoms with Gasteiger partial charge in [-0.2, -0.15) is 0 Å². The molecular formula is C24H28BrClN2O6. The predicted octanol–water partition coefficient (Wildman–Crippen LogP) is 2.47. The summed E-state index contributed by atoms with van der Waals surface area (Å²) >= 11 is 10.1. The van der Waals surface area contributed by atoms with Crippen molar-refractivity contribution < 1.29 is 29.0 Å². The fourth-order valence-corrected chi connectivity index (χ4v) is 7.06. The fraction of sp³-hybridized carbons (Fsp3) is 0.542. The number of aliphatic hydroxyl groups excluding tert-OH is 1. The van der Waals surface area contributed by atoms with Gasteiger partial charge in [0.05, 0.1) is 41.9 Å². The largest absolute Gasteiger partial charge is 0.466 e. The molecule has 0 aliphatic carbocycles. The number of halogens is 2. The standard InChI is InChI=1S/C24H28BrClN2O6/c1-4-9-27(18-13(3)7-6-8-15(18)26)22(31)20-24-12-14(25)19(34-24)16(23(32)33-5-2)17(24)21(30)28(20)10-11-29/h4,6-8,14,16-17,19-20,29H,1,5,9-12H2,2-3H3/t14?,16-,17+,19-,20-,24+/m1/s1. The minimum atomic E-state index is -1.23. The Bertz CT molecular complexity index is 1000. The maximum absolute atomic E-state index is 14.2. The average molecular weight is 556 g/mol. The van der Waals surface area contributed by atoms with E-state index in [9.17, 15) is 19.5 Å². The van der Waals surface area contributed by atoms with E-state index in [0.29, 0.717) is 17.1 Å². The van der Waals surface area contributed by atoms with Crippen LogP contribution in [0, 0.1) is 18.8 Å². The number of fused-ring (bicyclic) bond motifs is 1. The van der Waals surface area contributed by atoms with Gasteiger partial charge in [0.2, 0.25) is 5.91 Å². The van der Waals surface area contributed by atoms with Gasteiger partial charge < -0.3 is 24.4 Å². The van der Waals surface area contributed by atoms with E-state index in [2.05, 4.69) is 22.5 Å². The summed E-state index contributed by atoms with van der Waals surface area (Å²) in [6, 6.07) is 4.30. The normalized spacial score (nSPS) is 31.5. The number of alkyl halides is 1. The highest BCUT2D eigenvalue weighted by Crippen LogP contribution is 2.60. The zero-order valence-corrected chi connectivity index (χ0v) is 21.4. The number of benzene rings is 1. The first-order valence-electron chi connectivity index (χ1n) is 11.3. The number of para-hydroxylation sites is 1. The maximum Gasteiger partial charge on any atom is 0.312 e. The molecule has 4 rings (SSSR count). The number of aliphatic hydroxyl groups is 1. The number of nitrogens with zero attached hydrogens (tertiary/aromatic N) is 2. The van der Waals surface area contributed by atoms with E-state index in [0.717, 1.165) is 5.56 Å². The monoisotopic (exact) mass is 554 g/mol. The van der Waals surface area contributed by atoms with Crippen LogP contribution >= 0.6 is 27.5 Å². The molecule has 1 aromatic rings. The number of β-amino-alcohol motifs (C(OH)–C–C–N with tert-alkyl or cyclic N) is 1. The number of carbonyl (C=O) groups is 3. The van der Waals surface area contributed by atoms with Gasteiger partial charge in [-0.15, -0.1) is 6.58 Å². The van der Waals surface area contributed by atoms with E-state index in [4.69, 9.17) is 21.1 Å². The van der Waals surface area contributed by atoms with Gasteiger partial charge in [-0.25, -0.2) is 0 Å². The molecule has 1 N–H and O–H groups in total. The summed E-state index contributed by atoms with van der Waals surface area (Å²) in [7, 11) is 0. The van der Waals surface area contributed by atoms with Crippen molar-refractivity contribution in [3.63, 3.8) is 0 Å². The van der Waals surface area contributed by atoms with Gasteiger partial charge in [-0.05, 0) is 31.9 Å². The number of likely N-dealkylation sites (tertiary alicyclic amines) is 1. The molecule has 0 saturated carbocycles. The molecule has 0 radical (unpaired) electrons. The van der Waals surface area contributed by atoms with Crippen molar-refractivity contribution in [1.82, 2.24) is 4.90 Å². The number of aryl methyl sites for hydroxylation is 1. The highest BCUT2D eigenvalue weighted by atomic mass is 79.9. The van der Waals surface area contributed by atoms with Crippen LogP contribution in [-0.4, -0.2) is 76.7 Å². The van der Waals surface area contributed by atoms with Crippen LogP contribution in [0.3, 0.4) is 0 Å². The van der Waals surface area contributed by atoms with E-state index in [1.54, 1.807) is 25.1 Å². The lowest BCUT2D eigenvalue weighted by atomic mass is 9.70. The first-order chi connectivity index (χ1) is 16.2. The third-order valence-electron chi connectivity index (χ3n) is 6.96. The maximum atomic E-state index is 14.2. The Morgan fingerprint density at radius 1 is 1.47 bits per heavy atom. The SMILES string of the molecule is C=CCN(C(=O)[C@H]1N(CCO)C(=O)[C@@H]2[C@@H](C(=O)OCC)[C@@H]3O[C@@]21CC3Br)c1c(C)cccc1Cl. The Morgan fingerprint density at radius 3 is 2.82 bits per heavy atom. The van der Waals surface area contributed by atoms with Crippen molar-refractivity contribution in [1.29, 1.82) is 0 Å². The summed E-state index contributed by atoms with van der Waals surface area (Å²) in [4.78, 5) is 43.4. The molecule has 2 bridgehead atoms. The Hall–Kier alpha value is -1.94. The van der Waals surface area contributed by atoms with Crippen molar-refractivity contribution in [3.05, 3.63) is 41.4 Å². The van der Waals surface area contributed by atoms with Crippen LogP contribution in [0.15, 0.2) is 30.9 Å². The van der Waals surface area contributed by atoms with Gasteiger partial charge in [-0.3, -0.25) is 14.4 Å². The number of carbonyl (C=O) groups excluding carboxylic acids is 3. The second kappa shape index (κ2) is 9.60. The van der Waals surface area contributed by atoms with Crippen LogP contribution in [0.4, 0.5) is 5.69 Å². The summed E-state index contributed by atoms with van der Waals surface area (Å²) in [5.74, 6) is -3.01. The van der Waals surface area contributed by atoms with Gasteiger partial charge >= 0.3 is 5.97 Å². The van der Waals surface area contributed by atoms with Crippen LogP contribution in [0.25, 0.3) is 0 Å². The van der Waals surface area contributed by atoms with Crippen LogP contribution in [0.1, 0.15) is 18.9 Å². The number of hydrogen-bond acceptors (Lipinski definition) is 6. The van der Waals surface area contributed by atoms with Crippen LogP contribution in [-0.2, 0) is 23.9 Å². The number of rotatable bonds is 8. The lowest BCUT2D eigenvalue weighted by Gasteiger charge is -2.37. The van der Waals surface area contributed by atoms with E-state index >= 15 is 0 Å². The average Bonchev–Trinajstić information content (AvgIpc) is 3.37. The van der Waals surface area contributed by atoms with E-state index in [1.165, 1.54) is 9.80 Å². The minimum absolute atomic E-state index is 0.0621. The Balaban J connectivity index is 1.82. The molecule has 6 atom stereocenters. The van der Waals surface area contributed by atoms with E-state index < -0.39 is 41.5 Å². The zero-order chi connectivity index (χ0) is 24.8. The lowest BCUT2D eigenvalue weighted by Crippen LogP contribution is -2.57. The number of anilines is 1. The third kappa shape index (κ3) is 3.68. The van der Waals surface area contributed by atoms with Crippen molar-refractivity contribution in [2.45, 2.75) is 42.8 Å². The topological polar surface area (TPSA) is 96.4 Å². The van der Waals surface area contributed by atoms with Crippen molar-refractivity contribution >= 4 is 51.0 Å². The predicted molar refractivity (Wildman–Crippen MR) is 130 cm³/mol. The zero-order valence-electron chi connectivity index (χ0n) is 19.1. The molecular weight excluding hydrogens is 528 g/mol. The number of amides is 2. The molecule has 1 unspecified atom stereocenters. The van der Waals surface area contributed by atoms with Gasteiger partial charge in [0.25, 0.3) is 5.91 Å². The first-order valence-corrected chi connectivity index (χ1v) is 12.6. The second-order valence-corrected chi connectivity index (χ2v) is 10.4. The van der Waals surface area contributed by atoms with Gasteiger partial charge in [0, 0.05) is 17.9 Å². The Kier molecular flexibility index (Phi) is 7.11.